The molecule has 2 heterocycles. The summed E-state index contributed by atoms with van der Waals surface area (Å²) in [5.74, 6) is 1.74. The zero-order valence-electron chi connectivity index (χ0n) is 18.1. The highest BCUT2D eigenvalue weighted by atomic mass is 16.5. The largest absolute Gasteiger partial charge is 0.497 e. The second-order valence-corrected chi connectivity index (χ2v) is 7.89. The van der Waals surface area contributed by atoms with Crippen LogP contribution in [0.3, 0.4) is 0 Å². The third-order valence-corrected chi connectivity index (χ3v) is 5.90. The molecule has 1 atom stereocenters. The lowest BCUT2D eigenvalue weighted by Crippen LogP contribution is -2.37. The molecule has 1 aliphatic rings. The van der Waals surface area contributed by atoms with E-state index in [0.717, 1.165) is 30.0 Å². The van der Waals surface area contributed by atoms with Gasteiger partial charge in [0.1, 0.15) is 11.8 Å². The monoisotopic (exact) mass is 416 g/mol. The summed E-state index contributed by atoms with van der Waals surface area (Å²) < 4.78 is 11.3. The zero-order valence-corrected chi connectivity index (χ0v) is 18.1. The summed E-state index contributed by atoms with van der Waals surface area (Å²) in [6.45, 7) is 4.76. The average Bonchev–Trinajstić information content (AvgIpc) is 3.23. The summed E-state index contributed by atoms with van der Waals surface area (Å²) >= 11 is 0. The molecule has 6 heteroatoms. The van der Waals surface area contributed by atoms with Gasteiger partial charge in [0.2, 0.25) is 17.5 Å². The third kappa shape index (κ3) is 4.73. The normalized spacial score (nSPS) is 15.3. The van der Waals surface area contributed by atoms with Crippen LogP contribution >= 0.6 is 0 Å². The molecular weight excluding hydrogens is 388 g/mol. The first-order valence-electron chi connectivity index (χ1n) is 10.8. The van der Waals surface area contributed by atoms with Gasteiger partial charge in [-0.3, -0.25) is 4.90 Å². The fraction of sp³-hybridized carbons (Fsp3) is 0.360. The number of methoxy groups -OCH3 is 1. The van der Waals surface area contributed by atoms with Crippen LogP contribution in [0, 0.1) is 18.3 Å². The minimum absolute atomic E-state index is 0.171. The quantitative estimate of drug-likeness (QED) is 0.573. The molecule has 160 valence electrons. The first kappa shape index (κ1) is 21.0. The fourth-order valence-corrected chi connectivity index (χ4v) is 4.15. The molecule has 0 spiro atoms. The minimum Gasteiger partial charge on any atom is -0.497 e. The number of nitrogens with one attached hydrogen (secondary N) is 1. The third-order valence-electron chi connectivity index (χ3n) is 5.90. The smallest absolute Gasteiger partial charge is 0.232 e. The Bertz CT molecular complexity index is 1050. The Kier molecular flexibility index (Phi) is 6.54. The standard InChI is InChI=1S/C25H28N4O2/c1-18-8-4-5-9-21(18)24-28-22(16-26)25(31-24)27-17-23(29-14-6-3-7-15-29)19-10-12-20(30-2)13-11-19/h4-5,8-13,23,27H,3,6-7,14-15,17H2,1-2H3. The van der Waals surface area contributed by atoms with Gasteiger partial charge in [0.25, 0.3) is 0 Å². The molecule has 0 bridgehead atoms. The highest BCUT2D eigenvalue weighted by molar-refractivity contribution is 5.62. The van der Waals surface area contributed by atoms with E-state index in [1.165, 1.54) is 24.8 Å². The van der Waals surface area contributed by atoms with Gasteiger partial charge in [-0.25, -0.2) is 0 Å². The Morgan fingerprint density at radius 1 is 1.13 bits per heavy atom. The highest BCUT2D eigenvalue weighted by Gasteiger charge is 2.24. The van der Waals surface area contributed by atoms with Crippen molar-refractivity contribution in [3.8, 4) is 23.3 Å². The van der Waals surface area contributed by atoms with E-state index < -0.39 is 0 Å². The molecule has 1 N–H and O–H groups in total. The van der Waals surface area contributed by atoms with E-state index in [-0.39, 0.29) is 11.7 Å². The number of oxazole rings is 1. The Hall–Kier alpha value is -3.30. The van der Waals surface area contributed by atoms with Crippen molar-refractivity contribution >= 4 is 5.88 Å². The molecule has 0 amide bonds. The van der Waals surface area contributed by atoms with Crippen LogP contribution in [0.25, 0.3) is 11.5 Å². The van der Waals surface area contributed by atoms with E-state index in [1.54, 1.807) is 7.11 Å². The van der Waals surface area contributed by atoms with Crippen LogP contribution in [0.5, 0.6) is 5.75 Å². The van der Waals surface area contributed by atoms with Gasteiger partial charge in [-0.2, -0.15) is 10.2 Å². The summed E-state index contributed by atoms with van der Waals surface area (Å²) in [7, 11) is 1.68. The summed E-state index contributed by atoms with van der Waals surface area (Å²) in [6, 6.07) is 18.5. The number of benzene rings is 2. The molecule has 1 unspecified atom stereocenters. The molecule has 6 nitrogen and oxygen atoms in total. The van der Waals surface area contributed by atoms with Crippen molar-refractivity contribution in [2.45, 2.75) is 32.2 Å². The van der Waals surface area contributed by atoms with E-state index in [0.29, 0.717) is 18.3 Å². The zero-order chi connectivity index (χ0) is 21.6. The summed E-state index contributed by atoms with van der Waals surface area (Å²) in [5.41, 5.74) is 3.46. The Morgan fingerprint density at radius 2 is 1.87 bits per heavy atom. The molecule has 1 saturated heterocycles. The highest BCUT2D eigenvalue weighted by Crippen LogP contribution is 2.30. The first-order valence-corrected chi connectivity index (χ1v) is 10.8. The van der Waals surface area contributed by atoms with E-state index in [1.807, 2.05) is 43.3 Å². The predicted octanol–water partition coefficient (Wildman–Crippen LogP) is 5.17. The number of nitriles is 1. The lowest BCUT2D eigenvalue weighted by molar-refractivity contribution is 0.170. The van der Waals surface area contributed by atoms with Crippen LogP contribution in [-0.2, 0) is 0 Å². The van der Waals surface area contributed by atoms with E-state index in [4.69, 9.17) is 9.15 Å². The van der Waals surface area contributed by atoms with E-state index in [9.17, 15) is 5.26 Å². The number of piperidine rings is 1. The van der Waals surface area contributed by atoms with Crippen LogP contribution in [0.15, 0.2) is 52.9 Å². The van der Waals surface area contributed by atoms with Crippen molar-refractivity contribution < 1.29 is 9.15 Å². The van der Waals surface area contributed by atoms with Gasteiger partial charge in [-0.05, 0) is 62.2 Å². The molecule has 31 heavy (non-hydrogen) atoms. The van der Waals surface area contributed by atoms with Crippen molar-refractivity contribution in [2.24, 2.45) is 0 Å². The molecule has 0 radical (unpaired) electrons. The first-order chi connectivity index (χ1) is 15.2. The average molecular weight is 417 g/mol. The molecule has 0 aliphatic carbocycles. The minimum atomic E-state index is 0.171. The van der Waals surface area contributed by atoms with Crippen LogP contribution in [-0.4, -0.2) is 36.6 Å². The predicted molar refractivity (Wildman–Crippen MR) is 121 cm³/mol. The van der Waals surface area contributed by atoms with Gasteiger partial charge in [-0.1, -0.05) is 36.8 Å². The second kappa shape index (κ2) is 9.67. The van der Waals surface area contributed by atoms with Crippen molar-refractivity contribution in [3.05, 3.63) is 65.4 Å². The lowest BCUT2D eigenvalue weighted by Gasteiger charge is -2.35. The summed E-state index contributed by atoms with van der Waals surface area (Å²) in [4.78, 5) is 6.93. The molecule has 2 aromatic carbocycles. The van der Waals surface area contributed by atoms with Crippen LogP contribution in [0.1, 0.15) is 42.1 Å². The van der Waals surface area contributed by atoms with Gasteiger partial charge in [0.15, 0.2) is 0 Å². The van der Waals surface area contributed by atoms with Gasteiger partial charge in [0, 0.05) is 12.1 Å². The molecule has 1 aromatic heterocycles. The number of likely N-dealkylation sites (tertiary alicyclic amines) is 1. The number of rotatable bonds is 7. The van der Waals surface area contributed by atoms with Gasteiger partial charge >= 0.3 is 0 Å². The fourth-order valence-electron chi connectivity index (χ4n) is 4.15. The van der Waals surface area contributed by atoms with Gasteiger partial charge < -0.3 is 14.5 Å². The Morgan fingerprint density at radius 3 is 2.55 bits per heavy atom. The SMILES string of the molecule is COc1ccc(C(CNc2oc(-c3ccccc3C)nc2C#N)N2CCCCC2)cc1. The molecule has 1 fully saturated rings. The Balaban J connectivity index is 1.57. The second-order valence-electron chi connectivity index (χ2n) is 7.89. The number of aryl methyl sites for hydroxylation is 1. The molecule has 1 aliphatic heterocycles. The number of hydrogen-bond donors (Lipinski definition) is 1. The number of aromatic nitrogens is 1. The van der Waals surface area contributed by atoms with Crippen molar-refractivity contribution in [1.29, 1.82) is 5.26 Å². The van der Waals surface area contributed by atoms with Crippen LogP contribution in [0.2, 0.25) is 0 Å². The maximum Gasteiger partial charge on any atom is 0.232 e. The summed E-state index contributed by atoms with van der Waals surface area (Å²) in [6.07, 6.45) is 3.69. The molecular formula is C25H28N4O2. The molecule has 0 saturated carbocycles. The molecule has 4 rings (SSSR count). The maximum atomic E-state index is 9.60. The van der Waals surface area contributed by atoms with Gasteiger partial charge in [-0.15, -0.1) is 0 Å². The molecule has 3 aromatic rings. The van der Waals surface area contributed by atoms with E-state index in [2.05, 4.69) is 33.4 Å². The van der Waals surface area contributed by atoms with Gasteiger partial charge in [0.05, 0.1) is 13.2 Å². The van der Waals surface area contributed by atoms with Crippen molar-refractivity contribution in [2.75, 3.05) is 32.1 Å². The summed E-state index contributed by atoms with van der Waals surface area (Å²) in [5, 5.41) is 13.0. The maximum absolute atomic E-state index is 9.60. The Labute approximate surface area is 183 Å². The van der Waals surface area contributed by atoms with Crippen molar-refractivity contribution in [3.63, 3.8) is 0 Å². The number of ether oxygens (including phenoxy) is 1. The number of hydrogen-bond acceptors (Lipinski definition) is 6. The van der Waals surface area contributed by atoms with Crippen LogP contribution in [0.4, 0.5) is 5.88 Å². The van der Waals surface area contributed by atoms with Crippen LogP contribution < -0.4 is 10.1 Å². The lowest BCUT2D eigenvalue weighted by atomic mass is 10.0. The van der Waals surface area contributed by atoms with Crippen molar-refractivity contribution in [1.82, 2.24) is 9.88 Å². The van der Waals surface area contributed by atoms with E-state index >= 15 is 0 Å². The number of nitrogens with zero attached hydrogens (tertiary/aromatic N) is 3. The number of anilines is 1. The topological polar surface area (TPSA) is 74.3 Å².